The van der Waals surface area contributed by atoms with Crippen LogP contribution in [-0.2, 0) is 51.2 Å². The number of phenolic OH excluding ortho intramolecular Hbond substituents is 1. The third-order valence-electron chi connectivity index (χ3n) is 7.30. The van der Waals surface area contributed by atoms with Crippen LogP contribution in [0.5, 0.6) is 5.75 Å². The molecule has 2 aromatic rings. The summed E-state index contributed by atoms with van der Waals surface area (Å²) in [4.78, 5) is 99.0. The zero-order chi connectivity index (χ0) is 39.5. The van der Waals surface area contributed by atoms with Crippen molar-refractivity contribution in [3.8, 4) is 5.75 Å². The van der Waals surface area contributed by atoms with E-state index in [0.717, 1.165) is 0 Å². The zero-order valence-corrected chi connectivity index (χ0v) is 29.5. The van der Waals surface area contributed by atoms with E-state index < -0.39 is 84.6 Å². The molecule has 18 heteroatoms. The van der Waals surface area contributed by atoms with Crippen LogP contribution in [0, 0.1) is 5.92 Å². The number of aliphatic carboxylic acids is 1. The molecule has 0 radical (unpaired) electrons. The Morgan fingerprint density at radius 2 is 1.28 bits per heavy atom. The van der Waals surface area contributed by atoms with Gasteiger partial charge in [0.2, 0.25) is 29.5 Å². The normalized spacial score (nSPS) is 13.1. The first-order valence-corrected chi connectivity index (χ1v) is 16.6. The number of hydrogen-bond donors (Lipinski definition) is 10. The van der Waals surface area contributed by atoms with Crippen molar-refractivity contribution in [2.45, 2.75) is 64.2 Å². The lowest BCUT2D eigenvalue weighted by Crippen LogP contribution is -2.58. The standard InChI is InChI=1S/C35H46N8O10/c1-20(2)15-26(35(53)43-42-30(47)19-37-28(45)13-14-31(48)49)41-34(52)27(17-22-7-5-4-6-8-22)40-29(46)18-38-32(50)21(3)39-33(51)25(36)16-23-9-11-24(44)12-10-23/h4-14,20-21,25-27,44H,15-19,36H2,1-3H3,(H,37,45)(H,38,50)(H,39,51)(H,40,46)(H,41,52)(H,42,47)(H,43,53)(H,48,49)/b14-13-/t21-,25+,26+,27+/m1/s1. The molecule has 4 atom stereocenters. The number of carboxylic acid groups (broad SMARTS) is 1. The molecule has 0 unspecified atom stereocenters. The molecule has 0 aliphatic heterocycles. The molecule has 0 saturated carbocycles. The van der Waals surface area contributed by atoms with E-state index in [1.807, 2.05) is 0 Å². The van der Waals surface area contributed by atoms with E-state index in [1.165, 1.54) is 19.1 Å². The number of aromatic hydroxyl groups is 1. The maximum Gasteiger partial charge on any atom is 0.328 e. The quantitative estimate of drug-likeness (QED) is 0.0558. The van der Waals surface area contributed by atoms with Gasteiger partial charge in [-0.3, -0.25) is 44.4 Å². The van der Waals surface area contributed by atoms with Crippen LogP contribution >= 0.6 is 0 Å². The Morgan fingerprint density at radius 3 is 1.91 bits per heavy atom. The number of nitrogens with one attached hydrogen (secondary N) is 7. The summed E-state index contributed by atoms with van der Waals surface area (Å²) in [5.74, 6) is -6.67. The van der Waals surface area contributed by atoms with Crippen molar-refractivity contribution in [2.75, 3.05) is 13.1 Å². The van der Waals surface area contributed by atoms with Gasteiger partial charge in [0, 0.05) is 18.6 Å². The highest BCUT2D eigenvalue weighted by molar-refractivity contribution is 5.97. The predicted octanol–water partition coefficient (Wildman–Crippen LogP) is -1.95. The number of hydrogen-bond acceptors (Lipinski definition) is 10. The first-order valence-electron chi connectivity index (χ1n) is 16.6. The van der Waals surface area contributed by atoms with Gasteiger partial charge in [-0.15, -0.1) is 0 Å². The van der Waals surface area contributed by atoms with Gasteiger partial charge < -0.3 is 42.5 Å². The Morgan fingerprint density at radius 1 is 0.660 bits per heavy atom. The van der Waals surface area contributed by atoms with Crippen molar-refractivity contribution < 1.29 is 48.6 Å². The number of amides is 7. The number of phenols is 1. The summed E-state index contributed by atoms with van der Waals surface area (Å²) in [5, 5.41) is 30.2. The van der Waals surface area contributed by atoms with E-state index in [4.69, 9.17) is 10.8 Å². The minimum atomic E-state index is -1.36. The summed E-state index contributed by atoms with van der Waals surface area (Å²) < 4.78 is 0. The average molecular weight is 739 g/mol. The topological polar surface area (TPSA) is 287 Å². The highest BCUT2D eigenvalue weighted by Gasteiger charge is 2.28. The van der Waals surface area contributed by atoms with Crippen molar-refractivity contribution in [1.29, 1.82) is 0 Å². The number of carboxylic acids is 1. The van der Waals surface area contributed by atoms with Gasteiger partial charge >= 0.3 is 5.97 Å². The maximum absolute atomic E-state index is 13.5. The Kier molecular flexibility index (Phi) is 17.6. The number of hydrazine groups is 1. The molecular weight excluding hydrogens is 692 g/mol. The lowest BCUT2D eigenvalue weighted by atomic mass is 10.0. The van der Waals surface area contributed by atoms with Gasteiger partial charge in [-0.05, 0) is 48.9 Å². The van der Waals surface area contributed by atoms with Crippen molar-refractivity contribution >= 4 is 47.3 Å². The van der Waals surface area contributed by atoms with E-state index in [1.54, 1.807) is 56.3 Å². The van der Waals surface area contributed by atoms with Crippen LogP contribution in [0.1, 0.15) is 38.3 Å². The minimum Gasteiger partial charge on any atom is -0.508 e. The molecule has 53 heavy (non-hydrogen) atoms. The molecular formula is C35H46N8O10. The second-order valence-corrected chi connectivity index (χ2v) is 12.4. The zero-order valence-electron chi connectivity index (χ0n) is 29.5. The second-order valence-electron chi connectivity index (χ2n) is 12.4. The smallest absolute Gasteiger partial charge is 0.328 e. The molecule has 0 spiro atoms. The van der Waals surface area contributed by atoms with Crippen molar-refractivity contribution in [1.82, 2.24) is 37.4 Å². The van der Waals surface area contributed by atoms with Crippen molar-refractivity contribution in [3.63, 3.8) is 0 Å². The predicted molar refractivity (Wildman–Crippen MR) is 190 cm³/mol. The fourth-order valence-corrected chi connectivity index (χ4v) is 4.60. The lowest BCUT2D eigenvalue weighted by molar-refractivity contribution is -0.134. The molecule has 0 saturated heterocycles. The molecule has 286 valence electrons. The van der Waals surface area contributed by atoms with E-state index in [0.29, 0.717) is 23.3 Å². The van der Waals surface area contributed by atoms with Gasteiger partial charge in [0.15, 0.2) is 0 Å². The molecule has 2 rings (SSSR count). The van der Waals surface area contributed by atoms with Crippen LogP contribution in [0.4, 0.5) is 0 Å². The average Bonchev–Trinajstić information content (AvgIpc) is 3.11. The van der Waals surface area contributed by atoms with E-state index in [2.05, 4.69) is 37.4 Å². The number of nitrogens with two attached hydrogens (primary N) is 1. The Hall–Kier alpha value is -6.30. The summed E-state index contributed by atoms with van der Waals surface area (Å²) in [6.07, 6.45) is 1.59. The molecule has 0 bridgehead atoms. The molecule has 0 aromatic heterocycles. The summed E-state index contributed by atoms with van der Waals surface area (Å²) in [6, 6.07) is 10.4. The molecule has 18 nitrogen and oxygen atoms in total. The number of benzene rings is 2. The summed E-state index contributed by atoms with van der Waals surface area (Å²) in [6.45, 7) is 3.85. The summed E-state index contributed by atoms with van der Waals surface area (Å²) in [5.41, 5.74) is 11.6. The van der Waals surface area contributed by atoms with Gasteiger partial charge in [-0.2, -0.15) is 0 Å². The largest absolute Gasteiger partial charge is 0.508 e. The van der Waals surface area contributed by atoms with Crippen LogP contribution in [0.25, 0.3) is 0 Å². The minimum absolute atomic E-state index is 0.0144. The first kappa shape index (κ1) is 42.9. The van der Waals surface area contributed by atoms with Crippen LogP contribution in [0.3, 0.4) is 0 Å². The first-order chi connectivity index (χ1) is 25.0. The molecule has 7 amide bonds. The van der Waals surface area contributed by atoms with Crippen LogP contribution < -0.4 is 43.2 Å². The monoisotopic (exact) mass is 738 g/mol. The van der Waals surface area contributed by atoms with Gasteiger partial charge in [0.05, 0.1) is 19.1 Å². The van der Waals surface area contributed by atoms with Gasteiger partial charge in [0.1, 0.15) is 23.9 Å². The van der Waals surface area contributed by atoms with Gasteiger partial charge in [-0.1, -0.05) is 56.3 Å². The van der Waals surface area contributed by atoms with E-state index in [9.17, 15) is 43.5 Å². The highest BCUT2D eigenvalue weighted by atomic mass is 16.4. The molecule has 0 fully saturated rings. The lowest BCUT2D eigenvalue weighted by Gasteiger charge is -2.24. The van der Waals surface area contributed by atoms with Crippen LogP contribution in [-0.4, -0.2) is 94.8 Å². The van der Waals surface area contributed by atoms with E-state index in [-0.39, 0.29) is 30.9 Å². The molecule has 11 N–H and O–H groups in total. The Labute approximate surface area is 305 Å². The third-order valence-corrected chi connectivity index (χ3v) is 7.30. The Balaban J connectivity index is 2.00. The number of carbonyl (C=O) groups excluding carboxylic acids is 7. The van der Waals surface area contributed by atoms with Gasteiger partial charge in [-0.25, -0.2) is 4.79 Å². The number of rotatable bonds is 19. The Bertz CT molecular complexity index is 1630. The SMILES string of the molecule is CC(C)C[C@H](NC(=O)[C@H](Cc1ccccc1)NC(=O)CNC(=O)[C@@H](C)NC(=O)[C@@H](N)Cc1ccc(O)cc1)C(=O)NNC(=O)CNC(=O)/C=C\C(=O)O. The molecule has 2 aromatic carbocycles. The molecule has 0 aliphatic carbocycles. The van der Waals surface area contributed by atoms with Crippen LogP contribution in [0.15, 0.2) is 66.7 Å². The van der Waals surface area contributed by atoms with Crippen molar-refractivity contribution in [3.05, 3.63) is 77.9 Å². The van der Waals surface area contributed by atoms with E-state index >= 15 is 0 Å². The summed E-state index contributed by atoms with van der Waals surface area (Å²) in [7, 11) is 0. The highest BCUT2D eigenvalue weighted by Crippen LogP contribution is 2.11. The number of carbonyl (C=O) groups is 8. The second kappa shape index (κ2) is 21.8. The third kappa shape index (κ3) is 17.0. The van der Waals surface area contributed by atoms with Crippen molar-refractivity contribution in [2.24, 2.45) is 11.7 Å². The molecule has 0 aliphatic rings. The van der Waals surface area contributed by atoms with Crippen LogP contribution in [0.2, 0.25) is 0 Å². The van der Waals surface area contributed by atoms with Gasteiger partial charge in [0.25, 0.3) is 11.8 Å². The summed E-state index contributed by atoms with van der Waals surface area (Å²) >= 11 is 0. The molecule has 0 heterocycles. The fourth-order valence-electron chi connectivity index (χ4n) is 4.60. The fraction of sp³-hybridized carbons (Fsp3) is 0.371. The maximum atomic E-state index is 13.5.